The molecule has 0 aromatic heterocycles. The molecule has 4 heteroatoms. The van der Waals surface area contributed by atoms with E-state index in [9.17, 15) is 5.26 Å². The topological polar surface area (TPSA) is 39.1 Å². The summed E-state index contributed by atoms with van der Waals surface area (Å²) in [4.78, 5) is 2.24. The van der Waals surface area contributed by atoms with E-state index in [1.807, 2.05) is 30.3 Å². The first-order valence-electron chi connectivity index (χ1n) is 6.93. The third-order valence-electron chi connectivity index (χ3n) is 3.87. The van der Waals surface area contributed by atoms with Crippen LogP contribution in [-0.4, -0.2) is 13.6 Å². The molecule has 2 aromatic rings. The van der Waals surface area contributed by atoms with Crippen LogP contribution in [0, 0.1) is 11.3 Å². The maximum Gasteiger partial charge on any atom is 0.140 e. The molecular formula is C17H16ClN3. The Morgan fingerprint density at radius 3 is 2.86 bits per heavy atom. The van der Waals surface area contributed by atoms with Gasteiger partial charge in [0.2, 0.25) is 0 Å². The van der Waals surface area contributed by atoms with Gasteiger partial charge in [0.25, 0.3) is 0 Å². The maximum absolute atomic E-state index is 9.47. The summed E-state index contributed by atoms with van der Waals surface area (Å²) < 4.78 is 0. The summed E-state index contributed by atoms with van der Waals surface area (Å²) >= 11 is 6.15. The summed E-state index contributed by atoms with van der Waals surface area (Å²) in [6.07, 6.45) is 1.03. The average Bonchev–Trinajstić information content (AvgIpc) is 2.87. The molecule has 1 atom stereocenters. The van der Waals surface area contributed by atoms with Crippen LogP contribution >= 0.6 is 11.6 Å². The summed E-state index contributed by atoms with van der Waals surface area (Å²) in [7, 11) is 2.09. The van der Waals surface area contributed by atoms with Crippen LogP contribution in [0.15, 0.2) is 42.5 Å². The fraction of sp³-hybridized carbons (Fsp3) is 0.235. The first-order chi connectivity index (χ1) is 10.2. The number of hydrogen-bond donors (Lipinski definition) is 1. The normalized spacial score (nSPS) is 14.4. The Morgan fingerprint density at radius 2 is 2.10 bits per heavy atom. The van der Waals surface area contributed by atoms with E-state index in [4.69, 9.17) is 11.6 Å². The first-order valence-corrected chi connectivity index (χ1v) is 7.31. The van der Waals surface area contributed by atoms with Crippen molar-refractivity contribution in [2.75, 3.05) is 23.8 Å². The number of anilines is 2. The largest absolute Gasteiger partial charge is 0.374 e. The molecule has 3 nitrogen and oxygen atoms in total. The van der Waals surface area contributed by atoms with Crippen molar-refractivity contribution in [1.82, 2.24) is 0 Å². The van der Waals surface area contributed by atoms with E-state index in [-0.39, 0.29) is 0 Å². The molecule has 0 saturated heterocycles. The molecule has 1 unspecified atom stereocenters. The lowest BCUT2D eigenvalue weighted by Gasteiger charge is -2.16. The van der Waals surface area contributed by atoms with Gasteiger partial charge in [0.05, 0.1) is 16.8 Å². The number of likely N-dealkylation sites (N-methyl/N-ethyl adjacent to an activating group) is 1. The minimum Gasteiger partial charge on any atom is -0.374 e. The Bertz CT molecular complexity index is 705. The van der Waals surface area contributed by atoms with Crippen molar-refractivity contribution in [2.24, 2.45) is 0 Å². The molecule has 0 bridgehead atoms. The zero-order valence-electron chi connectivity index (χ0n) is 11.8. The summed E-state index contributed by atoms with van der Waals surface area (Å²) in [5, 5.41) is 13.3. The van der Waals surface area contributed by atoms with Crippen LogP contribution < -0.4 is 10.2 Å². The predicted molar refractivity (Wildman–Crippen MR) is 86.8 cm³/mol. The van der Waals surface area contributed by atoms with Crippen LogP contribution in [0.3, 0.4) is 0 Å². The van der Waals surface area contributed by atoms with Gasteiger partial charge in [-0.1, -0.05) is 35.9 Å². The highest BCUT2D eigenvalue weighted by Crippen LogP contribution is 2.31. The molecule has 0 amide bonds. The Morgan fingerprint density at radius 1 is 1.29 bits per heavy atom. The van der Waals surface area contributed by atoms with E-state index in [1.54, 1.807) is 0 Å². The molecule has 3 rings (SSSR count). The molecule has 1 aliphatic rings. The van der Waals surface area contributed by atoms with E-state index >= 15 is 0 Å². The van der Waals surface area contributed by atoms with E-state index in [0.717, 1.165) is 24.2 Å². The van der Waals surface area contributed by atoms with Crippen molar-refractivity contribution in [3.05, 3.63) is 58.6 Å². The second-order valence-electron chi connectivity index (χ2n) is 5.25. The third kappa shape index (κ3) is 2.68. The Hall–Kier alpha value is -2.18. The van der Waals surface area contributed by atoms with Crippen LogP contribution in [0.1, 0.15) is 17.2 Å². The number of benzene rings is 2. The number of fused-ring (bicyclic) bond motifs is 1. The van der Waals surface area contributed by atoms with Crippen LogP contribution in [0.4, 0.5) is 11.4 Å². The standard InChI is InChI=1S/C17H16ClN3/c1-21-9-8-13-10-12(6-7-17(13)21)16(11-19)20-15-5-3-2-4-14(15)18/h2-7,10,16,20H,8-9H2,1H3. The molecule has 1 heterocycles. The summed E-state index contributed by atoms with van der Waals surface area (Å²) in [5.74, 6) is 0. The van der Waals surface area contributed by atoms with Crippen molar-refractivity contribution in [3.8, 4) is 6.07 Å². The highest BCUT2D eigenvalue weighted by Gasteiger charge is 2.19. The van der Waals surface area contributed by atoms with Crippen molar-refractivity contribution >= 4 is 23.0 Å². The maximum atomic E-state index is 9.47. The molecule has 0 aliphatic carbocycles. The fourth-order valence-electron chi connectivity index (χ4n) is 2.69. The van der Waals surface area contributed by atoms with Gasteiger partial charge in [0, 0.05) is 19.3 Å². The number of nitrogens with zero attached hydrogens (tertiary/aromatic N) is 2. The number of hydrogen-bond acceptors (Lipinski definition) is 3. The molecule has 21 heavy (non-hydrogen) atoms. The van der Waals surface area contributed by atoms with Gasteiger partial charge in [-0.05, 0) is 35.7 Å². The van der Waals surface area contributed by atoms with Gasteiger partial charge in [-0.3, -0.25) is 0 Å². The van der Waals surface area contributed by atoms with Gasteiger partial charge < -0.3 is 10.2 Å². The third-order valence-corrected chi connectivity index (χ3v) is 4.20. The highest BCUT2D eigenvalue weighted by molar-refractivity contribution is 6.33. The van der Waals surface area contributed by atoms with Crippen molar-refractivity contribution in [3.63, 3.8) is 0 Å². The molecule has 1 aliphatic heterocycles. The molecule has 0 spiro atoms. The lowest BCUT2D eigenvalue weighted by molar-refractivity contribution is 0.954. The van der Waals surface area contributed by atoms with E-state index in [1.165, 1.54) is 11.3 Å². The minimum atomic E-state index is -0.402. The van der Waals surface area contributed by atoms with Gasteiger partial charge in [0.1, 0.15) is 6.04 Å². The SMILES string of the molecule is CN1CCc2cc(C(C#N)Nc3ccccc3Cl)ccc21. The van der Waals surface area contributed by atoms with Gasteiger partial charge in [-0.2, -0.15) is 5.26 Å². The first kappa shape index (κ1) is 13.8. The molecule has 1 N–H and O–H groups in total. The van der Waals surface area contributed by atoms with Gasteiger partial charge in [-0.15, -0.1) is 0 Å². The van der Waals surface area contributed by atoms with Crippen LogP contribution in [0.25, 0.3) is 0 Å². The zero-order valence-corrected chi connectivity index (χ0v) is 12.6. The van der Waals surface area contributed by atoms with Crippen LogP contribution in [0.5, 0.6) is 0 Å². The second kappa shape index (κ2) is 5.67. The lowest BCUT2D eigenvalue weighted by atomic mass is 10.0. The molecule has 0 fully saturated rings. The number of nitrogens with one attached hydrogen (secondary N) is 1. The van der Waals surface area contributed by atoms with E-state index < -0.39 is 6.04 Å². The predicted octanol–water partition coefficient (Wildman–Crippen LogP) is 4.01. The van der Waals surface area contributed by atoms with Crippen LogP contribution in [-0.2, 0) is 6.42 Å². The van der Waals surface area contributed by atoms with Gasteiger partial charge in [-0.25, -0.2) is 0 Å². The summed E-state index contributed by atoms with van der Waals surface area (Å²) in [5.41, 5.74) is 4.32. The Kier molecular flexibility index (Phi) is 3.72. The van der Waals surface area contributed by atoms with Crippen LogP contribution in [0.2, 0.25) is 5.02 Å². The minimum absolute atomic E-state index is 0.402. The lowest BCUT2D eigenvalue weighted by Crippen LogP contribution is -2.12. The van der Waals surface area contributed by atoms with Gasteiger partial charge >= 0.3 is 0 Å². The van der Waals surface area contributed by atoms with E-state index in [2.05, 4.69) is 35.5 Å². The van der Waals surface area contributed by atoms with Crippen molar-refractivity contribution in [2.45, 2.75) is 12.5 Å². The molecule has 0 radical (unpaired) electrons. The quantitative estimate of drug-likeness (QED) is 0.930. The number of rotatable bonds is 3. The van der Waals surface area contributed by atoms with Crippen molar-refractivity contribution in [1.29, 1.82) is 5.26 Å². The second-order valence-corrected chi connectivity index (χ2v) is 5.65. The fourth-order valence-corrected chi connectivity index (χ4v) is 2.88. The molecule has 0 saturated carbocycles. The number of halogens is 1. The smallest absolute Gasteiger partial charge is 0.140 e. The summed E-state index contributed by atoms with van der Waals surface area (Å²) in [6, 6.07) is 15.6. The summed E-state index contributed by atoms with van der Waals surface area (Å²) in [6.45, 7) is 1.04. The van der Waals surface area contributed by atoms with E-state index in [0.29, 0.717) is 5.02 Å². The average molecular weight is 298 g/mol. The number of nitriles is 1. The molecule has 106 valence electrons. The monoisotopic (exact) mass is 297 g/mol. The van der Waals surface area contributed by atoms with Crippen molar-refractivity contribution < 1.29 is 0 Å². The zero-order chi connectivity index (χ0) is 14.8. The Labute approximate surface area is 129 Å². The molecular weight excluding hydrogens is 282 g/mol. The number of para-hydroxylation sites is 1. The highest BCUT2D eigenvalue weighted by atomic mass is 35.5. The molecule has 2 aromatic carbocycles. The van der Waals surface area contributed by atoms with Gasteiger partial charge in [0.15, 0.2) is 0 Å². The Balaban J connectivity index is 1.88.